The molecule has 2 heterocycles. The number of halogens is 3. The second-order valence-corrected chi connectivity index (χ2v) is 6.95. The Morgan fingerprint density at radius 2 is 2.00 bits per heavy atom. The fourth-order valence-electron chi connectivity index (χ4n) is 1.49. The number of hydrogen-bond donors (Lipinski definition) is 0. The average molecular weight is 322 g/mol. The van der Waals surface area contributed by atoms with Crippen LogP contribution in [-0.4, -0.2) is 24.1 Å². The van der Waals surface area contributed by atoms with Crippen molar-refractivity contribution >= 4 is 21.2 Å². The van der Waals surface area contributed by atoms with Crippen LogP contribution in [0.2, 0.25) is 0 Å². The number of hydrogen-bond acceptors (Lipinski definition) is 5. The van der Waals surface area contributed by atoms with Crippen molar-refractivity contribution in [1.82, 2.24) is 9.97 Å². The van der Waals surface area contributed by atoms with Crippen molar-refractivity contribution in [2.24, 2.45) is 0 Å². The zero-order valence-electron chi connectivity index (χ0n) is 10.2. The van der Waals surface area contributed by atoms with Crippen LogP contribution in [-0.2, 0) is 16.0 Å². The Morgan fingerprint density at radius 1 is 1.30 bits per heavy atom. The zero-order chi connectivity index (χ0) is 15.0. The van der Waals surface area contributed by atoms with E-state index in [1.165, 1.54) is 13.1 Å². The maximum atomic E-state index is 12.7. The van der Waals surface area contributed by atoms with E-state index >= 15 is 0 Å². The first kappa shape index (κ1) is 14.9. The molecule has 0 atom stereocenters. The number of pyridine rings is 1. The molecular formula is C11H9F3N2O2S2. The van der Waals surface area contributed by atoms with Crippen molar-refractivity contribution in [3.63, 3.8) is 0 Å². The van der Waals surface area contributed by atoms with Gasteiger partial charge < -0.3 is 0 Å². The van der Waals surface area contributed by atoms with Gasteiger partial charge in [-0.25, -0.2) is 13.4 Å². The van der Waals surface area contributed by atoms with Gasteiger partial charge >= 0.3 is 6.18 Å². The van der Waals surface area contributed by atoms with E-state index in [9.17, 15) is 21.6 Å². The quantitative estimate of drug-likeness (QED) is 0.871. The molecule has 0 aliphatic carbocycles. The summed E-state index contributed by atoms with van der Waals surface area (Å²) in [6, 6.07) is 0.614. The Bertz CT molecular complexity index is 710. The van der Waals surface area contributed by atoms with Crippen LogP contribution in [0.1, 0.15) is 12.5 Å². The summed E-state index contributed by atoms with van der Waals surface area (Å²) in [5, 5.41) is 1.86. The SMILES string of the molecule is CCS(=O)(=O)c1cc(C(F)(F)F)cnc1-c1nccs1. The zero-order valence-corrected chi connectivity index (χ0v) is 11.8. The molecular weight excluding hydrogens is 313 g/mol. The number of alkyl halides is 3. The third kappa shape index (κ3) is 2.83. The molecule has 2 aromatic rings. The monoisotopic (exact) mass is 322 g/mol. The van der Waals surface area contributed by atoms with Crippen molar-refractivity contribution < 1.29 is 21.6 Å². The van der Waals surface area contributed by atoms with Crippen LogP contribution in [0.3, 0.4) is 0 Å². The lowest BCUT2D eigenvalue weighted by Gasteiger charge is -2.11. The molecule has 0 saturated carbocycles. The maximum Gasteiger partial charge on any atom is 0.417 e. The summed E-state index contributed by atoms with van der Waals surface area (Å²) >= 11 is 1.11. The highest BCUT2D eigenvalue weighted by molar-refractivity contribution is 7.91. The third-order valence-corrected chi connectivity index (χ3v) is 5.05. The molecule has 0 aromatic carbocycles. The van der Waals surface area contributed by atoms with Crippen molar-refractivity contribution in [1.29, 1.82) is 0 Å². The summed E-state index contributed by atoms with van der Waals surface area (Å²) in [6.45, 7) is 1.36. The second-order valence-electron chi connectivity index (χ2n) is 3.81. The summed E-state index contributed by atoms with van der Waals surface area (Å²) in [6.07, 6.45) is -2.60. The molecule has 0 aliphatic heterocycles. The van der Waals surface area contributed by atoms with Crippen LogP contribution in [0.25, 0.3) is 10.7 Å². The van der Waals surface area contributed by atoms with Crippen LogP contribution in [0, 0.1) is 0 Å². The van der Waals surface area contributed by atoms with Gasteiger partial charge in [0, 0.05) is 17.8 Å². The molecule has 0 amide bonds. The molecule has 108 valence electrons. The van der Waals surface area contributed by atoms with Crippen LogP contribution < -0.4 is 0 Å². The first-order valence-corrected chi connectivity index (χ1v) is 7.98. The second kappa shape index (κ2) is 5.13. The van der Waals surface area contributed by atoms with Gasteiger partial charge in [-0.15, -0.1) is 11.3 Å². The molecule has 2 rings (SSSR count). The molecule has 4 nitrogen and oxygen atoms in total. The molecule has 0 unspecified atom stereocenters. The predicted molar refractivity (Wildman–Crippen MR) is 68.1 cm³/mol. The molecule has 0 radical (unpaired) electrons. The van der Waals surface area contributed by atoms with E-state index in [0.29, 0.717) is 12.3 Å². The Kier molecular flexibility index (Phi) is 3.83. The normalized spacial score (nSPS) is 12.6. The number of aromatic nitrogens is 2. The van der Waals surface area contributed by atoms with E-state index in [1.54, 1.807) is 5.38 Å². The van der Waals surface area contributed by atoms with Crippen molar-refractivity contribution in [3.05, 3.63) is 29.4 Å². The predicted octanol–water partition coefficient (Wildman–Crippen LogP) is 3.02. The van der Waals surface area contributed by atoms with E-state index in [-0.39, 0.29) is 16.5 Å². The standard InChI is InChI=1S/C11H9F3N2O2S2/c1-2-20(17,18)8-5-7(11(12,13)14)6-16-9(8)10-15-3-4-19-10/h3-6H,2H2,1H3. The van der Waals surface area contributed by atoms with Gasteiger partial charge in [0.25, 0.3) is 0 Å². The first-order chi connectivity index (χ1) is 9.25. The van der Waals surface area contributed by atoms with Gasteiger partial charge in [0.2, 0.25) is 0 Å². The minimum Gasteiger partial charge on any atom is -0.252 e. The van der Waals surface area contributed by atoms with Crippen LogP contribution in [0.4, 0.5) is 13.2 Å². The van der Waals surface area contributed by atoms with Gasteiger partial charge in [0.1, 0.15) is 10.7 Å². The van der Waals surface area contributed by atoms with Crippen molar-refractivity contribution in [2.45, 2.75) is 18.0 Å². The van der Waals surface area contributed by atoms with E-state index in [2.05, 4.69) is 9.97 Å². The lowest BCUT2D eigenvalue weighted by atomic mass is 10.2. The Hall–Kier alpha value is -1.48. The summed E-state index contributed by atoms with van der Waals surface area (Å²) in [5.74, 6) is -0.311. The largest absolute Gasteiger partial charge is 0.417 e. The van der Waals surface area contributed by atoms with Gasteiger partial charge in [-0.05, 0) is 6.07 Å². The highest BCUT2D eigenvalue weighted by atomic mass is 32.2. The van der Waals surface area contributed by atoms with E-state index < -0.39 is 26.5 Å². The Balaban J connectivity index is 2.71. The van der Waals surface area contributed by atoms with Gasteiger partial charge in [-0.1, -0.05) is 6.92 Å². The minimum absolute atomic E-state index is 0.0464. The van der Waals surface area contributed by atoms with Crippen LogP contribution in [0.5, 0.6) is 0 Å². The number of thiazole rings is 1. The van der Waals surface area contributed by atoms with E-state index in [0.717, 1.165) is 11.3 Å². The lowest BCUT2D eigenvalue weighted by Crippen LogP contribution is -2.12. The van der Waals surface area contributed by atoms with Crippen molar-refractivity contribution in [3.8, 4) is 10.7 Å². The summed E-state index contributed by atoms with van der Waals surface area (Å²) < 4.78 is 62.0. The molecule has 0 fully saturated rings. The minimum atomic E-state index is -4.65. The molecule has 0 aliphatic rings. The Morgan fingerprint density at radius 3 is 2.50 bits per heavy atom. The maximum absolute atomic E-state index is 12.7. The van der Waals surface area contributed by atoms with Gasteiger partial charge in [0.15, 0.2) is 9.84 Å². The highest BCUT2D eigenvalue weighted by Crippen LogP contribution is 2.34. The first-order valence-electron chi connectivity index (χ1n) is 5.45. The highest BCUT2D eigenvalue weighted by Gasteiger charge is 2.33. The van der Waals surface area contributed by atoms with Crippen LogP contribution >= 0.6 is 11.3 Å². The average Bonchev–Trinajstić information content (AvgIpc) is 2.90. The summed E-state index contributed by atoms with van der Waals surface area (Å²) in [4.78, 5) is 7.11. The summed E-state index contributed by atoms with van der Waals surface area (Å²) in [7, 11) is -3.83. The Labute approximate surface area is 117 Å². The molecule has 0 saturated heterocycles. The van der Waals surface area contributed by atoms with Crippen molar-refractivity contribution in [2.75, 3.05) is 5.75 Å². The topological polar surface area (TPSA) is 59.9 Å². The molecule has 9 heteroatoms. The fraction of sp³-hybridized carbons (Fsp3) is 0.273. The fourth-order valence-corrected chi connectivity index (χ4v) is 3.27. The number of sulfone groups is 1. The third-order valence-electron chi connectivity index (χ3n) is 2.53. The van der Waals surface area contributed by atoms with Crippen LogP contribution in [0.15, 0.2) is 28.7 Å². The lowest BCUT2D eigenvalue weighted by molar-refractivity contribution is -0.138. The number of nitrogens with zero attached hydrogens (tertiary/aromatic N) is 2. The summed E-state index contributed by atoms with van der Waals surface area (Å²) in [5.41, 5.74) is -1.14. The molecule has 0 spiro atoms. The van der Waals surface area contributed by atoms with Gasteiger partial charge in [-0.3, -0.25) is 4.98 Å². The molecule has 20 heavy (non-hydrogen) atoms. The molecule has 0 N–H and O–H groups in total. The number of rotatable bonds is 3. The van der Waals surface area contributed by atoms with E-state index in [1.807, 2.05) is 0 Å². The van der Waals surface area contributed by atoms with Gasteiger partial charge in [0.05, 0.1) is 16.2 Å². The smallest absolute Gasteiger partial charge is 0.252 e. The van der Waals surface area contributed by atoms with Gasteiger partial charge in [-0.2, -0.15) is 13.2 Å². The molecule has 2 aromatic heterocycles. The molecule has 0 bridgehead atoms. The van der Waals surface area contributed by atoms with E-state index in [4.69, 9.17) is 0 Å².